The second-order valence-corrected chi connectivity index (χ2v) is 4.70. The molecule has 0 spiro atoms. The first-order valence-electron chi connectivity index (χ1n) is 5.73. The third-order valence-electron chi connectivity index (χ3n) is 3.36. The number of piperazine rings is 1. The van der Waals surface area contributed by atoms with Crippen LogP contribution in [-0.4, -0.2) is 47.4 Å². The topological polar surface area (TPSA) is 75.7 Å². The highest BCUT2D eigenvalue weighted by Crippen LogP contribution is 2.28. The zero-order valence-electron chi connectivity index (χ0n) is 9.99. The van der Waals surface area contributed by atoms with Crippen molar-refractivity contribution >= 4 is 17.7 Å². The van der Waals surface area contributed by atoms with Crippen molar-refractivity contribution in [2.75, 3.05) is 13.2 Å². The first-order chi connectivity index (χ1) is 7.94. The van der Waals surface area contributed by atoms with Crippen molar-refractivity contribution in [3.63, 3.8) is 0 Å². The summed E-state index contributed by atoms with van der Waals surface area (Å²) >= 11 is 0. The normalized spacial score (nSPS) is 33.8. The number of imide groups is 1. The number of nitrogens with zero attached hydrogens (tertiary/aromatic N) is 1. The Morgan fingerprint density at radius 1 is 1.53 bits per heavy atom. The number of ether oxygens (including phenoxy) is 1. The fourth-order valence-corrected chi connectivity index (χ4v) is 2.21. The van der Waals surface area contributed by atoms with Gasteiger partial charge in [-0.1, -0.05) is 0 Å². The van der Waals surface area contributed by atoms with Gasteiger partial charge in [0.2, 0.25) is 11.8 Å². The largest absolute Gasteiger partial charge is 0.365 e. The molecule has 1 N–H and O–H groups in total. The van der Waals surface area contributed by atoms with E-state index in [0.717, 1.165) is 6.42 Å². The molecule has 6 heteroatoms. The van der Waals surface area contributed by atoms with E-state index in [2.05, 4.69) is 5.32 Å². The molecule has 2 saturated heterocycles. The molecular weight excluding hydrogens is 224 g/mol. The number of hydrogen-bond acceptors (Lipinski definition) is 4. The van der Waals surface area contributed by atoms with Gasteiger partial charge in [-0.25, -0.2) is 0 Å². The summed E-state index contributed by atoms with van der Waals surface area (Å²) in [6, 6.07) is -0.624. The van der Waals surface area contributed by atoms with Crippen molar-refractivity contribution in [1.29, 1.82) is 0 Å². The van der Waals surface area contributed by atoms with E-state index < -0.39 is 23.5 Å². The van der Waals surface area contributed by atoms with E-state index in [0.29, 0.717) is 13.0 Å². The Kier molecular flexibility index (Phi) is 2.91. The molecule has 0 saturated carbocycles. The summed E-state index contributed by atoms with van der Waals surface area (Å²) in [6.07, 6.45) is 1.45. The SMILES string of the molecule is CC1C(=O)NC(=O)CN1C(=O)C1(C)CCCO1. The molecule has 2 rings (SSSR count). The summed E-state index contributed by atoms with van der Waals surface area (Å²) in [5.74, 6) is -1.15. The van der Waals surface area contributed by atoms with E-state index in [1.165, 1.54) is 4.90 Å². The van der Waals surface area contributed by atoms with Gasteiger partial charge in [-0.05, 0) is 26.7 Å². The lowest BCUT2D eigenvalue weighted by molar-refractivity contribution is -0.161. The van der Waals surface area contributed by atoms with Gasteiger partial charge in [0.1, 0.15) is 18.2 Å². The van der Waals surface area contributed by atoms with E-state index in [1.807, 2.05) is 0 Å². The Hall–Kier alpha value is -1.43. The second kappa shape index (κ2) is 4.10. The molecule has 3 amide bonds. The van der Waals surface area contributed by atoms with Gasteiger partial charge < -0.3 is 9.64 Å². The van der Waals surface area contributed by atoms with E-state index in [9.17, 15) is 14.4 Å². The van der Waals surface area contributed by atoms with E-state index in [-0.39, 0.29) is 12.5 Å². The Bertz CT molecular complexity index is 374. The number of hydrogen-bond donors (Lipinski definition) is 1. The van der Waals surface area contributed by atoms with E-state index >= 15 is 0 Å². The van der Waals surface area contributed by atoms with Crippen LogP contribution in [0.5, 0.6) is 0 Å². The molecule has 2 aliphatic rings. The predicted octanol–water partition coefficient (Wildman–Crippen LogP) is -0.571. The number of nitrogens with one attached hydrogen (secondary N) is 1. The maximum Gasteiger partial charge on any atom is 0.255 e. The molecule has 17 heavy (non-hydrogen) atoms. The molecule has 0 radical (unpaired) electrons. The average molecular weight is 240 g/mol. The summed E-state index contributed by atoms with van der Waals surface area (Å²) in [6.45, 7) is 3.79. The maximum absolute atomic E-state index is 12.3. The van der Waals surface area contributed by atoms with Crippen molar-refractivity contribution in [2.45, 2.75) is 38.3 Å². The quantitative estimate of drug-likeness (QED) is 0.623. The van der Waals surface area contributed by atoms with Crippen LogP contribution < -0.4 is 5.32 Å². The van der Waals surface area contributed by atoms with Crippen molar-refractivity contribution in [3.05, 3.63) is 0 Å². The number of carbonyl (C=O) groups is 3. The number of amides is 3. The molecule has 6 nitrogen and oxygen atoms in total. The van der Waals surface area contributed by atoms with E-state index in [1.54, 1.807) is 13.8 Å². The first kappa shape index (κ1) is 12.0. The van der Waals surface area contributed by atoms with Crippen molar-refractivity contribution in [1.82, 2.24) is 10.2 Å². The highest BCUT2D eigenvalue weighted by molar-refractivity contribution is 6.05. The van der Waals surface area contributed by atoms with Crippen molar-refractivity contribution < 1.29 is 19.1 Å². The van der Waals surface area contributed by atoms with Gasteiger partial charge in [0, 0.05) is 6.61 Å². The Morgan fingerprint density at radius 2 is 2.24 bits per heavy atom. The summed E-state index contributed by atoms with van der Waals surface area (Å²) < 4.78 is 5.44. The van der Waals surface area contributed by atoms with Crippen LogP contribution in [-0.2, 0) is 19.1 Å². The molecule has 0 aromatic heterocycles. The average Bonchev–Trinajstić information content (AvgIpc) is 2.71. The van der Waals surface area contributed by atoms with Crippen LogP contribution in [0.25, 0.3) is 0 Å². The van der Waals surface area contributed by atoms with Crippen LogP contribution in [0.4, 0.5) is 0 Å². The highest BCUT2D eigenvalue weighted by atomic mass is 16.5. The minimum absolute atomic E-state index is 0.0787. The predicted molar refractivity (Wildman–Crippen MR) is 57.9 cm³/mol. The smallest absolute Gasteiger partial charge is 0.255 e. The van der Waals surface area contributed by atoms with Crippen LogP contribution >= 0.6 is 0 Å². The molecule has 0 aromatic carbocycles. The van der Waals surface area contributed by atoms with Crippen LogP contribution in [0.15, 0.2) is 0 Å². The van der Waals surface area contributed by atoms with Gasteiger partial charge in [-0.2, -0.15) is 0 Å². The van der Waals surface area contributed by atoms with Gasteiger partial charge in [-0.15, -0.1) is 0 Å². The van der Waals surface area contributed by atoms with Crippen molar-refractivity contribution in [2.24, 2.45) is 0 Å². The Morgan fingerprint density at radius 3 is 2.82 bits per heavy atom. The minimum Gasteiger partial charge on any atom is -0.365 e. The minimum atomic E-state index is -0.883. The molecule has 2 heterocycles. The number of rotatable bonds is 1. The van der Waals surface area contributed by atoms with Crippen LogP contribution in [0.1, 0.15) is 26.7 Å². The number of carbonyl (C=O) groups excluding carboxylic acids is 3. The van der Waals surface area contributed by atoms with Crippen LogP contribution in [0.2, 0.25) is 0 Å². The lowest BCUT2D eigenvalue weighted by Crippen LogP contribution is -2.62. The van der Waals surface area contributed by atoms with Gasteiger partial charge >= 0.3 is 0 Å². The first-order valence-corrected chi connectivity index (χ1v) is 5.73. The molecule has 2 unspecified atom stereocenters. The Labute approximate surface area is 99.3 Å². The molecule has 0 aliphatic carbocycles. The van der Waals surface area contributed by atoms with Crippen molar-refractivity contribution in [3.8, 4) is 0 Å². The molecule has 0 bridgehead atoms. The van der Waals surface area contributed by atoms with Crippen LogP contribution in [0, 0.1) is 0 Å². The molecule has 94 valence electrons. The lowest BCUT2D eigenvalue weighted by atomic mass is 9.99. The molecule has 0 aromatic rings. The Balaban J connectivity index is 2.17. The molecule has 2 fully saturated rings. The second-order valence-electron chi connectivity index (χ2n) is 4.70. The monoisotopic (exact) mass is 240 g/mol. The molecule has 2 atom stereocenters. The lowest BCUT2D eigenvalue weighted by Gasteiger charge is -2.36. The van der Waals surface area contributed by atoms with Crippen LogP contribution in [0.3, 0.4) is 0 Å². The summed E-state index contributed by atoms with van der Waals surface area (Å²) in [7, 11) is 0. The third kappa shape index (κ3) is 2.04. The maximum atomic E-state index is 12.3. The van der Waals surface area contributed by atoms with Gasteiger partial charge in [0.25, 0.3) is 5.91 Å². The van der Waals surface area contributed by atoms with Gasteiger partial charge in [0.05, 0.1) is 0 Å². The molecular formula is C11H16N2O4. The van der Waals surface area contributed by atoms with Gasteiger partial charge in [0.15, 0.2) is 0 Å². The summed E-state index contributed by atoms with van der Waals surface area (Å²) in [5, 5.41) is 2.20. The summed E-state index contributed by atoms with van der Waals surface area (Å²) in [4.78, 5) is 36.3. The van der Waals surface area contributed by atoms with E-state index in [4.69, 9.17) is 4.74 Å². The fraction of sp³-hybridized carbons (Fsp3) is 0.727. The zero-order chi connectivity index (χ0) is 12.6. The third-order valence-corrected chi connectivity index (χ3v) is 3.36. The zero-order valence-corrected chi connectivity index (χ0v) is 9.99. The van der Waals surface area contributed by atoms with Gasteiger partial charge in [-0.3, -0.25) is 19.7 Å². The standard InChI is InChI=1S/C11H16N2O4/c1-7-9(15)12-8(14)6-13(7)10(16)11(2)4-3-5-17-11/h7H,3-6H2,1-2H3,(H,12,14,15). The highest BCUT2D eigenvalue weighted by Gasteiger charge is 2.45. The molecule has 2 aliphatic heterocycles. The summed E-state index contributed by atoms with van der Waals surface area (Å²) in [5.41, 5.74) is -0.883. The fourth-order valence-electron chi connectivity index (χ4n) is 2.21.